The van der Waals surface area contributed by atoms with E-state index in [0.717, 1.165) is 50.5 Å². The Balaban J connectivity index is 0.000000968. The first kappa shape index (κ1) is 24.7. The Morgan fingerprint density at radius 1 is 1.03 bits per heavy atom. The van der Waals surface area contributed by atoms with E-state index in [0.29, 0.717) is 19.1 Å². The van der Waals surface area contributed by atoms with Gasteiger partial charge in [0.2, 0.25) is 5.91 Å². The van der Waals surface area contributed by atoms with Crippen LogP contribution < -0.4 is 0 Å². The third-order valence-corrected chi connectivity index (χ3v) is 6.51. The number of likely N-dealkylation sites (N-methyl/N-ethyl adjacent to an activating group) is 1. The van der Waals surface area contributed by atoms with E-state index in [1.54, 1.807) is 11.9 Å². The summed E-state index contributed by atoms with van der Waals surface area (Å²) in [6.07, 6.45) is 1.90. The number of amides is 4. The van der Waals surface area contributed by atoms with Crippen molar-refractivity contribution >= 4 is 24.3 Å². The Kier molecular flexibility index (Phi) is 8.79. The second-order valence-electron chi connectivity index (χ2n) is 8.63. The van der Waals surface area contributed by atoms with Crippen molar-refractivity contribution < 1.29 is 24.3 Å². The maximum atomic E-state index is 12.6. The van der Waals surface area contributed by atoms with E-state index in [1.807, 2.05) is 0 Å². The van der Waals surface area contributed by atoms with E-state index in [-0.39, 0.29) is 37.4 Å². The summed E-state index contributed by atoms with van der Waals surface area (Å²) in [5, 5.41) is 6.89. The molecule has 10 heteroatoms. The largest absolute Gasteiger partial charge is 0.483 e. The summed E-state index contributed by atoms with van der Waals surface area (Å²) < 4.78 is 0. The quantitative estimate of drug-likeness (QED) is 0.502. The first-order chi connectivity index (χ1) is 15.9. The third kappa shape index (κ3) is 6.52. The maximum absolute atomic E-state index is 12.6. The molecule has 10 nitrogen and oxygen atoms in total. The number of hydrogen-bond donors (Lipinski definition) is 1. The molecule has 1 N–H and O–H groups in total. The van der Waals surface area contributed by atoms with Gasteiger partial charge >= 0.3 is 6.03 Å². The molecular weight excluding hydrogens is 426 g/mol. The van der Waals surface area contributed by atoms with Gasteiger partial charge in [0.05, 0.1) is 0 Å². The van der Waals surface area contributed by atoms with Crippen LogP contribution in [0.5, 0.6) is 0 Å². The van der Waals surface area contributed by atoms with E-state index >= 15 is 0 Å². The summed E-state index contributed by atoms with van der Waals surface area (Å²) in [6.45, 7) is 6.34. The van der Waals surface area contributed by atoms with Crippen LogP contribution in [0.15, 0.2) is 30.3 Å². The Hall–Kier alpha value is -2.98. The van der Waals surface area contributed by atoms with Gasteiger partial charge in [0.15, 0.2) is 0 Å². The molecule has 3 aliphatic rings. The molecule has 3 saturated heterocycles. The molecule has 0 atom stereocenters. The highest BCUT2D eigenvalue weighted by molar-refractivity contribution is 6.04. The molecule has 0 aromatic heterocycles. The molecule has 33 heavy (non-hydrogen) atoms. The fraction of sp³-hybridized carbons (Fsp3) is 0.565. The molecule has 0 aliphatic carbocycles. The van der Waals surface area contributed by atoms with Gasteiger partial charge in [0.1, 0.15) is 13.1 Å². The number of benzene rings is 1. The van der Waals surface area contributed by atoms with Crippen molar-refractivity contribution in [2.75, 3.05) is 59.4 Å². The Bertz CT molecular complexity index is 820. The highest BCUT2D eigenvalue weighted by Crippen LogP contribution is 2.20. The Labute approximate surface area is 194 Å². The number of piperidine rings is 1. The van der Waals surface area contributed by atoms with Crippen LogP contribution in [0.4, 0.5) is 4.79 Å². The van der Waals surface area contributed by atoms with Crippen molar-refractivity contribution in [3.05, 3.63) is 35.9 Å². The number of urea groups is 1. The van der Waals surface area contributed by atoms with Crippen LogP contribution in [0, 0.1) is 0 Å². The highest BCUT2D eigenvalue weighted by Gasteiger charge is 2.36. The van der Waals surface area contributed by atoms with Crippen molar-refractivity contribution in [2.45, 2.75) is 25.4 Å². The minimum atomic E-state index is -0.378. The SMILES string of the molecule is CN1CC(=O)N(CC(=O)N2CCC(N3CCN(Cc4ccccc4)CC3)CC2)C1=O.O=CO. The van der Waals surface area contributed by atoms with Gasteiger partial charge in [-0.2, -0.15) is 0 Å². The predicted octanol–water partition coefficient (Wildman–Crippen LogP) is 0.390. The first-order valence-corrected chi connectivity index (χ1v) is 11.3. The molecule has 1 aromatic carbocycles. The van der Waals surface area contributed by atoms with Gasteiger partial charge in [-0.25, -0.2) is 4.79 Å². The number of imide groups is 1. The number of carbonyl (C=O) groups excluding carboxylic acids is 3. The van der Waals surface area contributed by atoms with E-state index in [1.165, 1.54) is 10.5 Å². The summed E-state index contributed by atoms with van der Waals surface area (Å²) >= 11 is 0. The fourth-order valence-corrected chi connectivity index (χ4v) is 4.67. The first-order valence-electron chi connectivity index (χ1n) is 11.3. The maximum Gasteiger partial charge on any atom is 0.327 e. The predicted molar refractivity (Wildman–Crippen MR) is 121 cm³/mol. The smallest absolute Gasteiger partial charge is 0.327 e. The lowest BCUT2D eigenvalue weighted by Gasteiger charge is -2.43. The molecule has 4 amide bonds. The number of rotatable bonds is 5. The molecule has 0 unspecified atom stereocenters. The van der Waals surface area contributed by atoms with Crippen molar-refractivity contribution in [3.63, 3.8) is 0 Å². The topological polar surface area (TPSA) is 105 Å². The summed E-state index contributed by atoms with van der Waals surface area (Å²) in [5.74, 6) is -0.419. The van der Waals surface area contributed by atoms with E-state index in [4.69, 9.17) is 9.90 Å². The van der Waals surface area contributed by atoms with Gasteiger partial charge in [-0.15, -0.1) is 0 Å². The van der Waals surface area contributed by atoms with Crippen molar-refractivity contribution in [3.8, 4) is 0 Å². The third-order valence-electron chi connectivity index (χ3n) is 6.51. The van der Waals surface area contributed by atoms with Crippen LogP contribution in [-0.2, 0) is 20.9 Å². The lowest BCUT2D eigenvalue weighted by atomic mass is 10.0. The van der Waals surface area contributed by atoms with E-state index < -0.39 is 0 Å². The second-order valence-corrected chi connectivity index (χ2v) is 8.63. The fourth-order valence-electron chi connectivity index (χ4n) is 4.67. The van der Waals surface area contributed by atoms with Crippen molar-refractivity contribution in [1.29, 1.82) is 0 Å². The normalized spacial score (nSPS) is 20.6. The zero-order valence-electron chi connectivity index (χ0n) is 19.1. The number of hydrogen-bond acceptors (Lipinski definition) is 6. The van der Waals surface area contributed by atoms with E-state index in [2.05, 4.69) is 40.1 Å². The van der Waals surface area contributed by atoms with Gasteiger partial charge in [0.25, 0.3) is 12.4 Å². The van der Waals surface area contributed by atoms with Crippen molar-refractivity contribution in [1.82, 2.24) is 24.5 Å². The number of piperazine rings is 1. The minimum Gasteiger partial charge on any atom is -0.483 e. The molecule has 0 saturated carbocycles. The number of carbonyl (C=O) groups is 4. The van der Waals surface area contributed by atoms with Crippen LogP contribution in [0.1, 0.15) is 18.4 Å². The highest BCUT2D eigenvalue weighted by atomic mass is 16.3. The Morgan fingerprint density at radius 3 is 2.18 bits per heavy atom. The zero-order chi connectivity index (χ0) is 23.8. The van der Waals surface area contributed by atoms with Gasteiger partial charge in [-0.3, -0.25) is 29.1 Å². The Morgan fingerprint density at radius 2 is 1.64 bits per heavy atom. The molecule has 3 aliphatic heterocycles. The lowest BCUT2D eigenvalue weighted by Crippen LogP contribution is -2.54. The standard InChI is InChI=1S/C22H31N5O3.CH2O2/c1-23-16-21(29)27(22(23)30)17-20(28)26-9-7-19(8-10-26)25-13-11-24(12-14-25)15-18-5-3-2-4-6-18;2-1-3/h2-6,19H,7-17H2,1H3;1H,(H,2,3). The molecule has 0 bridgehead atoms. The molecule has 3 fully saturated rings. The summed E-state index contributed by atoms with van der Waals surface area (Å²) in [4.78, 5) is 54.1. The van der Waals surface area contributed by atoms with Gasteiger partial charge in [-0.05, 0) is 18.4 Å². The zero-order valence-corrected chi connectivity index (χ0v) is 19.1. The molecule has 0 spiro atoms. The van der Waals surface area contributed by atoms with Gasteiger partial charge < -0.3 is 14.9 Å². The molecule has 0 radical (unpaired) electrons. The van der Waals surface area contributed by atoms with Crippen LogP contribution in [-0.4, -0.2) is 119 Å². The summed E-state index contributed by atoms with van der Waals surface area (Å²) in [5.41, 5.74) is 1.36. The average Bonchev–Trinajstić information content (AvgIpc) is 3.07. The summed E-state index contributed by atoms with van der Waals surface area (Å²) in [6, 6.07) is 10.7. The number of likely N-dealkylation sites (tertiary alicyclic amines) is 1. The number of nitrogens with zero attached hydrogens (tertiary/aromatic N) is 5. The molecule has 1 aromatic rings. The van der Waals surface area contributed by atoms with Crippen LogP contribution in [0.3, 0.4) is 0 Å². The average molecular weight is 460 g/mol. The molecule has 3 heterocycles. The van der Waals surface area contributed by atoms with Crippen LogP contribution in [0.2, 0.25) is 0 Å². The van der Waals surface area contributed by atoms with E-state index in [9.17, 15) is 14.4 Å². The second kappa shape index (κ2) is 11.8. The van der Waals surface area contributed by atoms with Gasteiger partial charge in [0, 0.05) is 58.9 Å². The number of carboxylic acid groups (broad SMARTS) is 1. The summed E-state index contributed by atoms with van der Waals surface area (Å²) in [7, 11) is 1.58. The minimum absolute atomic E-state index is 0.0600. The van der Waals surface area contributed by atoms with Crippen LogP contribution >= 0.6 is 0 Å². The van der Waals surface area contributed by atoms with Gasteiger partial charge in [-0.1, -0.05) is 30.3 Å². The van der Waals surface area contributed by atoms with Crippen LogP contribution in [0.25, 0.3) is 0 Å². The molecular formula is C23H33N5O5. The molecule has 4 rings (SSSR count). The monoisotopic (exact) mass is 459 g/mol. The lowest BCUT2D eigenvalue weighted by molar-refractivity contribution is -0.137. The van der Waals surface area contributed by atoms with Crippen molar-refractivity contribution in [2.24, 2.45) is 0 Å². The molecule has 180 valence electrons.